The van der Waals surface area contributed by atoms with E-state index in [1.165, 1.54) is 0 Å². The lowest BCUT2D eigenvalue weighted by atomic mass is 9.93. The summed E-state index contributed by atoms with van der Waals surface area (Å²) in [4.78, 5) is 35.6. The summed E-state index contributed by atoms with van der Waals surface area (Å²) >= 11 is 0. The molecular weight excluding hydrogens is 296 g/mol. The molecule has 0 fully saturated rings. The highest BCUT2D eigenvalue weighted by molar-refractivity contribution is 5.98. The molecule has 1 unspecified atom stereocenters. The van der Waals surface area contributed by atoms with Crippen molar-refractivity contribution in [1.82, 2.24) is 0 Å². The summed E-state index contributed by atoms with van der Waals surface area (Å²) in [6.07, 6.45) is 1.25. The average molecular weight is 320 g/mol. The van der Waals surface area contributed by atoms with Gasteiger partial charge in [0, 0.05) is 18.4 Å². The van der Waals surface area contributed by atoms with E-state index in [2.05, 4.69) is 0 Å². The molecule has 126 valence electrons. The molecule has 23 heavy (non-hydrogen) atoms. The Morgan fingerprint density at radius 1 is 1.00 bits per heavy atom. The van der Waals surface area contributed by atoms with Crippen LogP contribution >= 0.6 is 0 Å². The zero-order valence-electron chi connectivity index (χ0n) is 13.7. The molecule has 5 heteroatoms. The highest BCUT2D eigenvalue weighted by atomic mass is 16.5. The minimum atomic E-state index is -0.530. The number of carbonyl (C=O) groups is 3. The number of ether oxygens (including phenoxy) is 2. The zero-order valence-corrected chi connectivity index (χ0v) is 13.7. The average Bonchev–Trinajstić information content (AvgIpc) is 2.55. The van der Waals surface area contributed by atoms with Crippen molar-refractivity contribution in [2.75, 3.05) is 13.2 Å². The summed E-state index contributed by atoms with van der Waals surface area (Å²) in [5.74, 6) is -1.30. The Morgan fingerprint density at radius 3 is 2.26 bits per heavy atom. The molecule has 1 aromatic carbocycles. The van der Waals surface area contributed by atoms with Crippen LogP contribution in [0.3, 0.4) is 0 Å². The molecular formula is C18H24O5. The first-order chi connectivity index (χ1) is 11.1. The van der Waals surface area contributed by atoms with Gasteiger partial charge in [0.05, 0.1) is 19.1 Å². The molecule has 0 saturated heterocycles. The molecule has 0 spiro atoms. The van der Waals surface area contributed by atoms with Gasteiger partial charge in [-0.25, -0.2) is 0 Å². The van der Waals surface area contributed by atoms with Crippen LogP contribution in [0.2, 0.25) is 0 Å². The number of Topliss-reactive ketones (excluding diaryl/α,β-unsaturated/α-hetero) is 1. The largest absolute Gasteiger partial charge is 0.466 e. The van der Waals surface area contributed by atoms with E-state index in [0.717, 1.165) is 0 Å². The van der Waals surface area contributed by atoms with Crippen molar-refractivity contribution in [3.8, 4) is 0 Å². The van der Waals surface area contributed by atoms with Crippen LogP contribution in [0.25, 0.3) is 0 Å². The van der Waals surface area contributed by atoms with Crippen LogP contribution in [0, 0.1) is 5.92 Å². The Balaban J connectivity index is 2.60. The van der Waals surface area contributed by atoms with Crippen LogP contribution in [0.5, 0.6) is 0 Å². The van der Waals surface area contributed by atoms with E-state index in [1.54, 1.807) is 38.1 Å². The van der Waals surface area contributed by atoms with Crippen molar-refractivity contribution < 1.29 is 23.9 Å². The first-order valence-corrected chi connectivity index (χ1v) is 7.99. The normalized spacial score (nSPS) is 11.6. The van der Waals surface area contributed by atoms with Gasteiger partial charge in [0.2, 0.25) is 0 Å². The smallest absolute Gasteiger partial charge is 0.309 e. The highest BCUT2D eigenvalue weighted by Crippen LogP contribution is 2.18. The van der Waals surface area contributed by atoms with Crippen molar-refractivity contribution in [1.29, 1.82) is 0 Å². The highest BCUT2D eigenvalue weighted by Gasteiger charge is 2.23. The van der Waals surface area contributed by atoms with Gasteiger partial charge in [-0.2, -0.15) is 0 Å². The monoisotopic (exact) mass is 320 g/mol. The Hall–Kier alpha value is -2.17. The van der Waals surface area contributed by atoms with Crippen molar-refractivity contribution in [2.24, 2.45) is 5.92 Å². The van der Waals surface area contributed by atoms with E-state index in [-0.39, 0.29) is 37.2 Å². The van der Waals surface area contributed by atoms with Crippen LogP contribution in [0.15, 0.2) is 30.3 Å². The first-order valence-electron chi connectivity index (χ1n) is 7.99. The van der Waals surface area contributed by atoms with Crippen LogP contribution < -0.4 is 0 Å². The van der Waals surface area contributed by atoms with E-state index in [1.807, 2.05) is 6.07 Å². The van der Waals surface area contributed by atoms with E-state index < -0.39 is 5.92 Å². The van der Waals surface area contributed by atoms with Gasteiger partial charge < -0.3 is 9.47 Å². The number of ketones is 1. The van der Waals surface area contributed by atoms with Crippen LogP contribution in [-0.4, -0.2) is 30.9 Å². The lowest BCUT2D eigenvalue weighted by Crippen LogP contribution is -2.21. The Bertz CT molecular complexity index is 509. The van der Waals surface area contributed by atoms with Crippen molar-refractivity contribution in [3.05, 3.63) is 35.9 Å². The summed E-state index contributed by atoms with van der Waals surface area (Å²) in [7, 11) is 0. The van der Waals surface area contributed by atoms with E-state index in [0.29, 0.717) is 25.0 Å². The van der Waals surface area contributed by atoms with E-state index >= 15 is 0 Å². The number of rotatable bonds is 10. The molecule has 0 aliphatic heterocycles. The van der Waals surface area contributed by atoms with Gasteiger partial charge in [0.25, 0.3) is 0 Å². The molecule has 1 aromatic rings. The maximum atomic E-state index is 12.3. The minimum absolute atomic E-state index is 0.0890. The molecule has 0 amide bonds. The van der Waals surface area contributed by atoms with Crippen LogP contribution in [-0.2, 0) is 19.1 Å². The van der Waals surface area contributed by atoms with E-state index in [9.17, 15) is 14.4 Å². The van der Waals surface area contributed by atoms with E-state index in [4.69, 9.17) is 9.47 Å². The summed E-state index contributed by atoms with van der Waals surface area (Å²) < 4.78 is 9.90. The SMILES string of the molecule is CCOC(=O)CCCC(CC(=O)c1ccccc1)C(=O)OCC. The predicted octanol–water partition coefficient (Wildman–Crippen LogP) is 3.17. The van der Waals surface area contributed by atoms with Gasteiger partial charge in [-0.15, -0.1) is 0 Å². The van der Waals surface area contributed by atoms with Gasteiger partial charge in [-0.1, -0.05) is 30.3 Å². The third-order valence-electron chi connectivity index (χ3n) is 3.39. The molecule has 0 heterocycles. The summed E-state index contributed by atoms with van der Waals surface area (Å²) in [5.41, 5.74) is 0.576. The van der Waals surface area contributed by atoms with Crippen LogP contribution in [0.4, 0.5) is 0 Å². The van der Waals surface area contributed by atoms with Crippen molar-refractivity contribution >= 4 is 17.7 Å². The lowest BCUT2D eigenvalue weighted by molar-refractivity contribution is -0.149. The van der Waals surface area contributed by atoms with Gasteiger partial charge >= 0.3 is 11.9 Å². The van der Waals surface area contributed by atoms with Gasteiger partial charge in [0.1, 0.15) is 0 Å². The topological polar surface area (TPSA) is 69.7 Å². The van der Waals surface area contributed by atoms with Crippen molar-refractivity contribution in [3.63, 3.8) is 0 Å². The molecule has 0 aliphatic carbocycles. The number of benzene rings is 1. The number of carbonyl (C=O) groups excluding carboxylic acids is 3. The fourth-order valence-electron chi connectivity index (χ4n) is 2.26. The Morgan fingerprint density at radius 2 is 1.65 bits per heavy atom. The van der Waals surface area contributed by atoms with Gasteiger partial charge in [0.15, 0.2) is 5.78 Å². The third kappa shape index (κ3) is 7.08. The lowest BCUT2D eigenvalue weighted by Gasteiger charge is -2.14. The number of hydrogen-bond donors (Lipinski definition) is 0. The second kappa shape index (κ2) is 10.5. The second-order valence-corrected chi connectivity index (χ2v) is 5.14. The fourth-order valence-corrected chi connectivity index (χ4v) is 2.26. The third-order valence-corrected chi connectivity index (χ3v) is 3.39. The fraction of sp³-hybridized carbons (Fsp3) is 0.500. The van der Waals surface area contributed by atoms with Gasteiger partial charge in [-0.05, 0) is 26.7 Å². The predicted molar refractivity (Wildman–Crippen MR) is 86.0 cm³/mol. The zero-order chi connectivity index (χ0) is 17.1. The molecule has 0 radical (unpaired) electrons. The van der Waals surface area contributed by atoms with Crippen LogP contribution in [0.1, 0.15) is 49.9 Å². The number of esters is 2. The molecule has 0 aromatic heterocycles. The molecule has 0 bridgehead atoms. The molecule has 0 aliphatic rings. The molecule has 1 rings (SSSR count). The second-order valence-electron chi connectivity index (χ2n) is 5.14. The Kier molecular flexibility index (Phi) is 8.65. The quantitative estimate of drug-likeness (QED) is 0.489. The standard InChI is InChI=1S/C18H24O5/c1-3-22-17(20)12-8-11-15(18(21)23-4-2)13-16(19)14-9-6-5-7-10-14/h5-7,9-10,15H,3-4,8,11-13H2,1-2H3. The summed E-state index contributed by atoms with van der Waals surface area (Å²) in [6.45, 7) is 4.09. The minimum Gasteiger partial charge on any atom is -0.466 e. The molecule has 0 N–H and O–H groups in total. The molecule has 5 nitrogen and oxygen atoms in total. The number of hydrogen-bond acceptors (Lipinski definition) is 5. The van der Waals surface area contributed by atoms with Crippen molar-refractivity contribution in [2.45, 2.75) is 39.5 Å². The maximum Gasteiger partial charge on any atom is 0.309 e. The molecule has 0 saturated carbocycles. The first kappa shape index (κ1) is 18.9. The Labute approximate surface area is 137 Å². The van der Waals surface area contributed by atoms with Gasteiger partial charge in [-0.3, -0.25) is 14.4 Å². The molecule has 1 atom stereocenters. The summed E-state index contributed by atoms with van der Waals surface area (Å²) in [5, 5.41) is 0. The summed E-state index contributed by atoms with van der Waals surface area (Å²) in [6, 6.07) is 8.85. The maximum absolute atomic E-state index is 12.3.